The highest BCUT2D eigenvalue weighted by molar-refractivity contribution is 7.90. The Hall–Kier alpha value is -10.1. The zero-order chi connectivity index (χ0) is 73.5. The number of aryl methyl sites for hydroxylation is 4. The maximum atomic E-state index is 12.0. The molecule has 0 heterocycles. The van der Waals surface area contributed by atoms with Gasteiger partial charge in [0, 0.05) is 23.2 Å². The van der Waals surface area contributed by atoms with E-state index in [0.717, 1.165) is 33.4 Å². The van der Waals surface area contributed by atoms with Crippen LogP contribution in [0.25, 0.3) is 0 Å². The van der Waals surface area contributed by atoms with Crippen molar-refractivity contribution in [1.82, 2.24) is 9.44 Å². The lowest BCUT2D eigenvalue weighted by atomic mass is 10.2. The molecular weight excluding hydrogens is 1410 g/mol. The standard InChI is InChI=1S/C15H15NO4S.C10H12N2O7S.C8H7ClO2.2C7H9NO2S.C3H4ClNO5.2C2H5NO3/c1-12-7-9-14(10-8-12)21(18,19)16-15(17)20-11-13-5-3-2-4-6-13;1-8-2-4-9(5-3-8)20(16,17)11-10(13)18-6-7-19-12(14)15;9-8(10)11-6-7-4-2-1-3-5-7;2*1-6-2-4-7(5-3-6)11(8,9)10;4-3(6)9-1-2-10-5(7)8;2*1-2-6-3(4)5/h2-10H,11H2,1H3,(H,16,17);2-5H,6-7H2,1H3,(H,11,13);1-5H,6H2;2*2-5H,1H3,(H2,8,9,10);1-2H2;2*2H2,1H3. The molecule has 0 bridgehead atoms. The summed E-state index contributed by atoms with van der Waals surface area (Å²) in [4.78, 5) is 95.8. The normalized spacial score (nSPS) is 10.1. The van der Waals surface area contributed by atoms with E-state index in [9.17, 15) is 93.3 Å². The van der Waals surface area contributed by atoms with Crippen LogP contribution in [0.1, 0.15) is 47.2 Å². The number of halogens is 2. The van der Waals surface area contributed by atoms with Crippen LogP contribution in [0.5, 0.6) is 0 Å². The summed E-state index contributed by atoms with van der Waals surface area (Å²) < 4.78 is 112. The van der Waals surface area contributed by atoms with Crippen molar-refractivity contribution >= 4 is 86.3 Å². The van der Waals surface area contributed by atoms with Crippen LogP contribution < -0.4 is 19.7 Å². The fourth-order valence-electron chi connectivity index (χ4n) is 5.42. The van der Waals surface area contributed by atoms with Crippen LogP contribution in [0.2, 0.25) is 0 Å². The summed E-state index contributed by atoms with van der Waals surface area (Å²) >= 11 is 9.67. The number of carbonyl (C=O) groups is 4. The average molecular weight is 1470 g/mol. The van der Waals surface area contributed by atoms with Gasteiger partial charge >= 0.3 is 23.0 Å². The van der Waals surface area contributed by atoms with Crippen LogP contribution in [0.3, 0.4) is 0 Å². The number of hydrogen-bond donors (Lipinski definition) is 4. The lowest BCUT2D eigenvalue weighted by Gasteiger charge is -2.08. The van der Waals surface area contributed by atoms with Crippen LogP contribution >= 0.6 is 23.2 Å². The number of nitrogens with zero attached hydrogens (tertiary/aromatic N) is 4. The largest absolute Gasteiger partial charge is 0.452 e. The molecule has 6 aromatic rings. The molecule has 36 nitrogen and oxygen atoms in total. The summed E-state index contributed by atoms with van der Waals surface area (Å²) in [5.41, 5.74) is 3.75. The van der Waals surface area contributed by atoms with Gasteiger partial charge in [0.1, 0.15) is 39.6 Å². The van der Waals surface area contributed by atoms with Crippen molar-refractivity contribution in [3.63, 3.8) is 0 Å². The number of sulfonamides is 4. The molecule has 528 valence electrons. The number of hydrogen-bond acceptors (Lipinski definition) is 28. The summed E-state index contributed by atoms with van der Waals surface area (Å²) in [6.07, 6.45) is -2.24. The smallest absolute Gasteiger partial charge is 0.421 e. The Morgan fingerprint density at radius 3 is 0.896 bits per heavy atom. The quantitative estimate of drug-likeness (QED) is 0.0164. The van der Waals surface area contributed by atoms with Gasteiger partial charge in [0.05, 0.1) is 32.8 Å². The highest BCUT2D eigenvalue weighted by Crippen LogP contribution is 2.13. The summed E-state index contributed by atoms with van der Waals surface area (Å²) in [6.45, 7) is 9.58. The molecule has 96 heavy (non-hydrogen) atoms. The van der Waals surface area contributed by atoms with Crippen LogP contribution in [0.4, 0.5) is 19.2 Å². The Bertz CT molecular complexity index is 3710. The fraction of sp³-hybridized carbons (Fsp3) is 0.259. The maximum Gasteiger partial charge on any atom is 0.421 e. The van der Waals surface area contributed by atoms with E-state index < -0.39 is 96.7 Å². The lowest BCUT2D eigenvalue weighted by molar-refractivity contribution is -0.757. The second-order valence-electron chi connectivity index (χ2n) is 17.2. The first-order valence-electron chi connectivity index (χ1n) is 26.3. The fourth-order valence-corrected chi connectivity index (χ4v) is 8.36. The molecule has 6 N–H and O–H groups in total. The summed E-state index contributed by atoms with van der Waals surface area (Å²) in [5, 5.41) is 43.7. The molecule has 42 heteroatoms. The van der Waals surface area contributed by atoms with Gasteiger partial charge in [-0.2, -0.15) is 0 Å². The van der Waals surface area contributed by atoms with Crippen molar-refractivity contribution in [3.8, 4) is 0 Å². The molecule has 0 aromatic heterocycles. The molecular formula is C54H66Cl2N8O28S4. The first-order valence-corrected chi connectivity index (χ1v) is 33.1. The third kappa shape index (κ3) is 47.7. The number of primary sulfonamides is 2. The van der Waals surface area contributed by atoms with E-state index in [1.807, 2.05) is 61.9 Å². The van der Waals surface area contributed by atoms with Gasteiger partial charge in [-0.05, 0) is 101 Å². The third-order valence-corrected chi connectivity index (χ3v) is 14.4. The second kappa shape index (κ2) is 47.7. The number of amides is 2. The van der Waals surface area contributed by atoms with Crippen LogP contribution in [0.15, 0.2) is 177 Å². The van der Waals surface area contributed by atoms with Gasteiger partial charge in [-0.25, -0.2) is 72.6 Å². The molecule has 0 spiro atoms. The van der Waals surface area contributed by atoms with Gasteiger partial charge in [0.25, 0.3) is 40.4 Å². The minimum absolute atomic E-state index is 0.0100. The first kappa shape index (κ1) is 88.0. The zero-order valence-electron chi connectivity index (χ0n) is 51.4. The van der Waals surface area contributed by atoms with Crippen LogP contribution in [-0.4, -0.2) is 117 Å². The number of ether oxygens (including phenoxy) is 4. The Morgan fingerprint density at radius 1 is 0.385 bits per heavy atom. The molecule has 0 aliphatic carbocycles. The van der Waals surface area contributed by atoms with Crippen molar-refractivity contribution < 1.29 is 111 Å². The van der Waals surface area contributed by atoms with E-state index in [4.69, 9.17) is 38.2 Å². The van der Waals surface area contributed by atoms with E-state index in [2.05, 4.69) is 33.6 Å². The Labute approximate surface area is 560 Å². The molecule has 0 aliphatic rings. The molecule has 6 aromatic carbocycles. The molecule has 0 unspecified atom stereocenters. The molecule has 6 rings (SSSR count). The Kier molecular flexibility index (Phi) is 43.7. The monoisotopic (exact) mass is 1470 g/mol. The molecule has 0 aliphatic heterocycles. The third-order valence-electron chi connectivity index (χ3n) is 9.68. The molecule has 0 atom stereocenters. The Balaban J connectivity index is 0. The number of carbonyl (C=O) groups excluding carboxylic acids is 4. The van der Waals surface area contributed by atoms with Gasteiger partial charge < -0.3 is 38.3 Å². The van der Waals surface area contributed by atoms with Gasteiger partial charge in [0.15, 0.2) is 0 Å². The molecule has 0 radical (unpaired) electrons. The summed E-state index contributed by atoms with van der Waals surface area (Å²) in [6, 6.07) is 43.2. The van der Waals surface area contributed by atoms with Crippen molar-refractivity contribution in [3.05, 3.63) is 232 Å². The van der Waals surface area contributed by atoms with Gasteiger partial charge in [-0.1, -0.05) is 131 Å². The number of rotatable bonds is 22. The van der Waals surface area contributed by atoms with Crippen LogP contribution in [-0.2, 0) is 91.6 Å². The van der Waals surface area contributed by atoms with E-state index >= 15 is 0 Å². The van der Waals surface area contributed by atoms with Gasteiger partial charge in [-0.3, -0.25) is 0 Å². The minimum Gasteiger partial charge on any atom is -0.452 e. The van der Waals surface area contributed by atoms with E-state index in [-0.39, 0.29) is 59.2 Å². The summed E-state index contributed by atoms with van der Waals surface area (Å²) in [5.74, 6) is 0. The molecule has 0 saturated carbocycles. The van der Waals surface area contributed by atoms with Crippen molar-refractivity contribution in [2.75, 3.05) is 39.6 Å². The maximum absolute atomic E-state index is 12.0. The lowest BCUT2D eigenvalue weighted by Crippen LogP contribution is -2.32. The summed E-state index contributed by atoms with van der Waals surface area (Å²) in [7, 11) is -15.0. The van der Waals surface area contributed by atoms with Crippen molar-refractivity contribution in [1.29, 1.82) is 0 Å². The van der Waals surface area contributed by atoms with E-state index in [1.54, 1.807) is 98.3 Å². The first-order chi connectivity index (χ1) is 44.7. The SMILES string of the molecule is CCO[N+](=O)[O-].CCO[N+](=O)[O-].Cc1ccc(S(=O)(=O)NC(=O)OCCO[N+](=O)[O-])cc1.Cc1ccc(S(=O)(=O)NC(=O)OCc2ccccc2)cc1.Cc1ccc(S(N)(=O)=O)cc1.Cc1ccc(S(N)(=O)=O)cc1.O=C(Cl)OCCO[N+](=O)[O-].O=C(Cl)OCc1ccccc1. The topological polar surface area (TPSA) is 527 Å². The highest BCUT2D eigenvalue weighted by atomic mass is 35.5. The number of nitrogens with one attached hydrogen (secondary N) is 2. The average Bonchev–Trinajstić information content (AvgIpc) is 0.871. The second-order valence-corrected chi connectivity index (χ2v) is 24.4. The highest BCUT2D eigenvalue weighted by Gasteiger charge is 2.20. The predicted octanol–water partition coefficient (Wildman–Crippen LogP) is 8.07. The molecule has 2 amide bonds. The van der Waals surface area contributed by atoms with E-state index in [1.165, 1.54) is 48.5 Å². The minimum atomic E-state index is -4.03. The number of benzene rings is 6. The van der Waals surface area contributed by atoms with Crippen molar-refractivity contribution in [2.24, 2.45) is 10.3 Å². The molecule has 0 fully saturated rings. The Morgan fingerprint density at radius 2 is 0.646 bits per heavy atom. The van der Waals surface area contributed by atoms with Crippen molar-refractivity contribution in [2.45, 2.75) is 74.3 Å². The van der Waals surface area contributed by atoms with E-state index in [0.29, 0.717) is 0 Å². The molecule has 0 saturated heterocycles. The number of nitrogens with two attached hydrogens (primary N) is 2. The van der Waals surface area contributed by atoms with Gasteiger partial charge in [0.2, 0.25) is 20.0 Å². The van der Waals surface area contributed by atoms with Gasteiger partial charge in [-0.15, -0.1) is 40.5 Å². The van der Waals surface area contributed by atoms with Crippen LogP contribution in [0, 0.1) is 68.2 Å². The predicted molar refractivity (Wildman–Crippen MR) is 339 cm³/mol. The zero-order valence-corrected chi connectivity index (χ0v) is 56.2.